The average Bonchev–Trinajstić information content (AvgIpc) is 3.21. The molecule has 6 heteroatoms. The van der Waals surface area contributed by atoms with E-state index in [2.05, 4.69) is 10.1 Å². The molecule has 0 radical (unpaired) electrons. The van der Waals surface area contributed by atoms with Gasteiger partial charge in [0.2, 0.25) is 0 Å². The van der Waals surface area contributed by atoms with Gasteiger partial charge >= 0.3 is 0 Å². The minimum absolute atomic E-state index is 0.157. The first-order chi connectivity index (χ1) is 17.2. The third-order valence-electron chi connectivity index (χ3n) is 6.88. The second-order valence-corrected chi connectivity index (χ2v) is 9.37. The molecular formula is C29H30FN3O2. The molecular weight excluding hydrogens is 441 g/mol. The quantitative estimate of drug-likeness (QED) is 0.339. The predicted molar refractivity (Wildman–Crippen MR) is 135 cm³/mol. The second-order valence-electron chi connectivity index (χ2n) is 9.37. The first-order valence-electron chi connectivity index (χ1n) is 12.2. The van der Waals surface area contributed by atoms with Crippen molar-refractivity contribution in [1.82, 2.24) is 9.80 Å². The highest BCUT2D eigenvalue weighted by molar-refractivity contribution is 6.01. The Morgan fingerprint density at radius 2 is 1.66 bits per heavy atom. The maximum absolute atomic E-state index is 13.5. The van der Waals surface area contributed by atoms with Gasteiger partial charge in [-0.15, -0.1) is 0 Å². The van der Waals surface area contributed by atoms with Crippen molar-refractivity contribution in [3.63, 3.8) is 0 Å². The van der Waals surface area contributed by atoms with Crippen molar-refractivity contribution in [2.75, 3.05) is 26.2 Å². The number of likely N-dealkylation sites (tertiary alicyclic amines) is 1. The van der Waals surface area contributed by atoms with Gasteiger partial charge in [-0.25, -0.2) is 4.39 Å². The molecule has 0 spiro atoms. The Morgan fingerprint density at radius 1 is 0.943 bits per heavy atom. The molecule has 3 aromatic carbocycles. The van der Waals surface area contributed by atoms with Gasteiger partial charge in [0, 0.05) is 30.8 Å². The molecule has 2 aliphatic heterocycles. The van der Waals surface area contributed by atoms with Crippen molar-refractivity contribution >= 4 is 11.6 Å². The van der Waals surface area contributed by atoms with Crippen LogP contribution in [0.2, 0.25) is 0 Å². The number of hydrogen-bond acceptors (Lipinski definition) is 4. The Hall–Kier alpha value is -3.51. The first-order valence-corrected chi connectivity index (χ1v) is 12.2. The van der Waals surface area contributed by atoms with Gasteiger partial charge in [0.05, 0.1) is 0 Å². The zero-order chi connectivity index (χ0) is 24.0. The Kier molecular flexibility index (Phi) is 7.19. The number of carbonyl (C=O) groups excluding carboxylic acids is 1. The van der Waals surface area contributed by atoms with Crippen molar-refractivity contribution in [2.45, 2.75) is 26.0 Å². The van der Waals surface area contributed by atoms with Crippen molar-refractivity contribution in [2.24, 2.45) is 11.1 Å². The number of benzene rings is 3. The maximum Gasteiger partial charge on any atom is 0.254 e. The molecule has 5 rings (SSSR count). The summed E-state index contributed by atoms with van der Waals surface area (Å²) >= 11 is 0. The standard InChI is InChI=1S/C29H30FN3O2/c30-26-12-10-24(11-13-26)28(31-35-21-23-6-2-1-3-7-23)20-32-16-14-22(15-17-32)18-33-19-25-8-4-5-9-27(25)29(33)34/h1-13,22H,14-21H2/b31-28+. The van der Waals surface area contributed by atoms with E-state index in [1.165, 1.54) is 12.1 Å². The van der Waals surface area contributed by atoms with E-state index in [4.69, 9.17) is 4.84 Å². The van der Waals surface area contributed by atoms with E-state index in [1.807, 2.05) is 59.5 Å². The molecule has 35 heavy (non-hydrogen) atoms. The predicted octanol–water partition coefficient (Wildman–Crippen LogP) is 5.11. The summed E-state index contributed by atoms with van der Waals surface area (Å²) in [5, 5.41) is 4.45. The summed E-state index contributed by atoms with van der Waals surface area (Å²) < 4.78 is 13.5. The molecule has 180 valence electrons. The zero-order valence-corrected chi connectivity index (χ0v) is 19.8. The van der Waals surface area contributed by atoms with Crippen LogP contribution in [0.25, 0.3) is 0 Å². The molecule has 0 saturated carbocycles. The Balaban J connectivity index is 1.17. The van der Waals surface area contributed by atoms with Crippen molar-refractivity contribution < 1.29 is 14.0 Å². The number of oxime groups is 1. The van der Waals surface area contributed by atoms with E-state index in [0.717, 1.165) is 67.0 Å². The lowest BCUT2D eigenvalue weighted by Crippen LogP contribution is -2.41. The second kappa shape index (κ2) is 10.8. The van der Waals surface area contributed by atoms with Gasteiger partial charge < -0.3 is 9.74 Å². The van der Waals surface area contributed by atoms with Gasteiger partial charge in [-0.05, 0) is 61.2 Å². The molecule has 5 nitrogen and oxygen atoms in total. The first kappa shape index (κ1) is 23.2. The van der Waals surface area contributed by atoms with E-state index in [9.17, 15) is 9.18 Å². The Morgan fingerprint density at radius 3 is 2.40 bits per heavy atom. The van der Waals surface area contributed by atoms with Gasteiger partial charge in [0.15, 0.2) is 0 Å². The van der Waals surface area contributed by atoms with Gasteiger partial charge in [-0.3, -0.25) is 9.69 Å². The lowest BCUT2D eigenvalue weighted by Gasteiger charge is -2.34. The summed E-state index contributed by atoms with van der Waals surface area (Å²) in [6.07, 6.45) is 2.06. The van der Waals surface area contributed by atoms with E-state index in [-0.39, 0.29) is 11.7 Å². The molecule has 0 bridgehead atoms. The average molecular weight is 472 g/mol. The Labute approximate surface area is 205 Å². The number of hydrogen-bond donors (Lipinski definition) is 0. The van der Waals surface area contributed by atoms with Gasteiger partial charge in [0.1, 0.15) is 18.1 Å². The van der Waals surface area contributed by atoms with Crippen LogP contribution in [0.4, 0.5) is 4.39 Å². The van der Waals surface area contributed by atoms with Crippen LogP contribution in [0.3, 0.4) is 0 Å². The van der Waals surface area contributed by atoms with Crippen molar-refractivity contribution in [3.05, 3.63) is 107 Å². The number of fused-ring (bicyclic) bond motifs is 1. The zero-order valence-electron chi connectivity index (χ0n) is 19.8. The van der Waals surface area contributed by atoms with Crippen LogP contribution in [0.5, 0.6) is 0 Å². The molecule has 2 aliphatic rings. The summed E-state index contributed by atoms with van der Waals surface area (Å²) in [4.78, 5) is 22.8. The maximum atomic E-state index is 13.5. The third-order valence-corrected chi connectivity index (χ3v) is 6.88. The van der Waals surface area contributed by atoms with Crippen LogP contribution in [0, 0.1) is 11.7 Å². The Bertz CT molecular complexity index is 1170. The summed E-state index contributed by atoms with van der Waals surface area (Å²) in [5.74, 6) is 0.382. The highest BCUT2D eigenvalue weighted by Crippen LogP contribution is 2.26. The highest BCUT2D eigenvalue weighted by Gasteiger charge is 2.30. The number of carbonyl (C=O) groups is 1. The largest absolute Gasteiger partial charge is 0.391 e. The normalized spacial score (nSPS) is 17.0. The van der Waals surface area contributed by atoms with Crippen LogP contribution in [0.15, 0.2) is 84.0 Å². The van der Waals surface area contributed by atoms with E-state index in [1.54, 1.807) is 12.1 Å². The number of nitrogens with zero attached hydrogens (tertiary/aromatic N) is 3. The fourth-order valence-electron chi connectivity index (χ4n) is 4.89. The fraction of sp³-hybridized carbons (Fsp3) is 0.310. The van der Waals surface area contributed by atoms with Crippen LogP contribution in [0.1, 0.15) is 39.9 Å². The summed E-state index contributed by atoms with van der Waals surface area (Å²) in [6, 6.07) is 24.2. The van der Waals surface area contributed by atoms with Gasteiger partial charge in [-0.1, -0.05) is 65.8 Å². The summed E-state index contributed by atoms with van der Waals surface area (Å²) in [5.41, 5.74) is 4.69. The van der Waals surface area contributed by atoms with E-state index >= 15 is 0 Å². The summed E-state index contributed by atoms with van der Waals surface area (Å²) in [6.45, 7) is 4.41. The van der Waals surface area contributed by atoms with Gasteiger partial charge in [0.25, 0.3) is 5.91 Å². The number of halogens is 1. The lowest BCUT2D eigenvalue weighted by atomic mass is 9.95. The molecule has 2 heterocycles. The lowest BCUT2D eigenvalue weighted by molar-refractivity contribution is 0.0718. The smallest absolute Gasteiger partial charge is 0.254 e. The van der Waals surface area contributed by atoms with Crippen LogP contribution in [-0.2, 0) is 18.0 Å². The number of piperidine rings is 1. The molecule has 0 unspecified atom stereocenters. The molecule has 0 aromatic heterocycles. The molecule has 3 aromatic rings. The molecule has 0 N–H and O–H groups in total. The monoisotopic (exact) mass is 471 g/mol. The molecule has 1 saturated heterocycles. The van der Waals surface area contributed by atoms with Crippen LogP contribution < -0.4 is 0 Å². The van der Waals surface area contributed by atoms with Crippen molar-refractivity contribution in [3.8, 4) is 0 Å². The topological polar surface area (TPSA) is 45.1 Å². The SMILES string of the molecule is O=C1c2ccccc2CN1CC1CCN(C/C(=N\OCc2ccccc2)c2ccc(F)cc2)CC1. The fourth-order valence-corrected chi connectivity index (χ4v) is 4.89. The number of amides is 1. The van der Waals surface area contributed by atoms with Crippen molar-refractivity contribution in [1.29, 1.82) is 0 Å². The molecule has 0 atom stereocenters. The molecule has 1 amide bonds. The van der Waals surface area contributed by atoms with E-state index < -0.39 is 0 Å². The third kappa shape index (κ3) is 5.77. The van der Waals surface area contributed by atoms with E-state index in [0.29, 0.717) is 19.1 Å². The highest BCUT2D eigenvalue weighted by atomic mass is 19.1. The van der Waals surface area contributed by atoms with Crippen LogP contribution >= 0.6 is 0 Å². The minimum Gasteiger partial charge on any atom is -0.391 e. The van der Waals surface area contributed by atoms with Gasteiger partial charge in [-0.2, -0.15) is 0 Å². The molecule has 0 aliphatic carbocycles. The van der Waals surface area contributed by atoms with Crippen LogP contribution in [-0.4, -0.2) is 47.6 Å². The minimum atomic E-state index is -0.266. The summed E-state index contributed by atoms with van der Waals surface area (Å²) in [7, 11) is 0. The number of rotatable bonds is 8. The molecule has 1 fully saturated rings.